The van der Waals surface area contributed by atoms with Crippen molar-refractivity contribution < 1.29 is 8.78 Å². The number of nitrogens with one attached hydrogen (secondary N) is 1. The lowest BCUT2D eigenvalue weighted by atomic mass is 9.40. The van der Waals surface area contributed by atoms with Gasteiger partial charge in [0, 0.05) is 17.9 Å². The van der Waals surface area contributed by atoms with Crippen molar-refractivity contribution in [2.75, 3.05) is 6.54 Å². The second kappa shape index (κ2) is 8.94. The van der Waals surface area contributed by atoms with E-state index in [9.17, 15) is 8.78 Å². The summed E-state index contributed by atoms with van der Waals surface area (Å²) in [6, 6.07) is 11.5. The number of hydrogen-bond donors (Lipinski definition) is 2. The Morgan fingerprint density at radius 1 is 1.03 bits per heavy atom. The lowest BCUT2D eigenvalue weighted by Crippen LogP contribution is -2.62. The van der Waals surface area contributed by atoms with E-state index in [1.165, 1.54) is 18.4 Å². The maximum atomic E-state index is 13.1. The van der Waals surface area contributed by atoms with Gasteiger partial charge in [0.05, 0.1) is 4.99 Å². The second-order valence-corrected chi connectivity index (χ2v) is 11.9. The van der Waals surface area contributed by atoms with Crippen LogP contribution >= 0.6 is 12.2 Å². The van der Waals surface area contributed by atoms with E-state index in [0.29, 0.717) is 36.1 Å². The van der Waals surface area contributed by atoms with Crippen LogP contribution < -0.4 is 11.1 Å². The van der Waals surface area contributed by atoms with E-state index in [0.717, 1.165) is 56.5 Å². The highest BCUT2D eigenvalue weighted by Gasteiger charge is 2.62. The summed E-state index contributed by atoms with van der Waals surface area (Å²) in [4.78, 5) is 1.08. The average molecular weight is 461 g/mol. The molecule has 0 saturated heterocycles. The summed E-state index contributed by atoms with van der Waals surface area (Å²) in [5.41, 5.74) is 7.54. The SMILES string of the molecule is NCC1CCC(NC(=S)C23CC4CC(c5ccccc5)(CC(C2)C4CCC(F)F)C3)CC1. The molecule has 5 aliphatic rings. The van der Waals surface area contributed by atoms with Crippen LogP contribution in [0.15, 0.2) is 30.3 Å². The second-order valence-electron chi connectivity index (χ2n) is 11.5. The van der Waals surface area contributed by atoms with Crippen molar-refractivity contribution in [2.24, 2.45) is 34.8 Å². The van der Waals surface area contributed by atoms with Gasteiger partial charge in [-0.3, -0.25) is 0 Å². The molecule has 0 heterocycles. The van der Waals surface area contributed by atoms with Gasteiger partial charge in [0.1, 0.15) is 0 Å². The zero-order valence-corrected chi connectivity index (χ0v) is 19.9. The molecule has 0 radical (unpaired) electrons. The van der Waals surface area contributed by atoms with Gasteiger partial charge in [-0.25, -0.2) is 8.78 Å². The summed E-state index contributed by atoms with van der Waals surface area (Å²) in [5.74, 6) is 2.14. The fourth-order valence-corrected chi connectivity index (χ4v) is 8.72. The Labute approximate surface area is 197 Å². The zero-order valence-electron chi connectivity index (χ0n) is 19.1. The molecular weight excluding hydrogens is 422 g/mol. The predicted octanol–water partition coefficient (Wildman–Crippen LogP) is 6.23. The number of benzene rings is 1. The molecule has 5 heteroatoms. The van der Waals surface area contributed by atoms with Gasteiger partial charge in [0.25, 0.3) is 0 Å². The van der Waals surface area contributed by atoms with Crippen molar-refractivity contribution in [1.29, 1.82) is 0 Å². The van der Waals surface area contributed by atoms with Crippen LogP contribution in [0.5, 0.6) is 0 Å². The molecule has 2 atom stereocenters. The maximum Gasteiger partial charge on any atom is 0.238 e. The molecule has 1 aromatic rings. The van der Waals surface area contributed by atoms with Gasteiger partial charge >= 0.3 is 0 Å². The first-order valence-corrected chi connectivity index (χ1v) is 13.2. The number of nitrogens with two attached hydrogens (primary N) is 1. The molecule has 4 bridgehead atoms. The molecule has 0 aliphatic heterocycles. The van der Waals surface area contributed by atoms with Gasteiger partial charge in [-0.05, 0) is 105 Å². The first kappa shape index (κ1) is 22.7. The van der Waals surface area contributed by atoms with Gasteiger partial charge in [0.15, 0.2) is 0 Å². The molecule has 0 aromatic heterocycles. The van der Waals surface area contributed by atoms with Gasteiger partial charge < -0.3 is 11.1 Å². The van der Waals surface area contributed by atoms with Crippen molar-refractivity contribution in [3.05, 3.63) is 35.9 Å². The van der Waals surface area contributed by atoms with Crippen LogP contribution in [0.2, 0.25) is 0 Å². The van der Waals surface area contributed by atoms with Crippen molar-refractivity contribution >= 4 is 17.2 Å². The fraction of sp³-hybridized carbons (Fsp3) is 0.741. The standard InChI is InChI=1S/C27H38F2N2S/c28-24(29)11-10-23-19-12-26(21-4-2-1-3-5-21)13-20(23)15-27(14-19,17-26)25(32)31-22-8-6-18(16-30)7-9-22/h1-5,18-20,22-24H,6-17,30H2,(H,31,32). The molecule has 2 nitrogen and oxygen atoms in total. The normalized spacial score (nSPS) is 40.6. The number of thiocarbonyl (C=S) groups is 1. The summed E-state index contributed by atoms with van der Waals surface area (Å²) in [7, 11) is 0. The van der Waals surface area contributed by atoms with E-state index in [2.05, 4.69) is 35.6 Å². The molecule has 3 N–H and O–H groups in total. The molecular formula is C27H38F2N2S. The van der Waals surface area contributed by atoms with Crippen molar-refractivity contribution in [2.45, 2.75) is 88.5 Å². The maximum absolute atomic E-state index is 13.1. The highest BCUT2D eigenvalue weighted by Crippen LogP contribution is 2.68. The minimum atomic E-state index is -2.18. The minimum absolute atomic E-state index is 0.0447. The zero-order chi connectivity index (χ0) is 22.3. The lowest BCUT2D eigenvalue weighted by Gasteiger charge is -2.65. The number of halogens is 2. The van der Waals surface area contributed by atoms with Crippen molar-refractivity contribution in [3.63, 3.8) is 0 Å². The van der Waals surface area contributed by atoms with Crippen molar-refractivity contribution in [3.8, 4) is 0 Å². The molecule has 2 unspecified atom stereocenters. The third-order valence-corrected chi connectivity index (χ3v) is 10.2. The molecule has 0 spiro atoms. The predicted molar refractivity (Wildman–Crippen MR) is 130 cm³/mol. The average Bonchev–Trinajstić information content (AvgIpc) is 2.79. The van der Waals surface area contributed by atoms with Crippen LogP contribution in [-0.4, -0.2) is 24.0 Å². The monoisotopic (exact) mass is 460 g/mol. The van der Waals surface area contributed by atoms with Gasteiger partial charge in [0.2, 0.25) is 6.43 Å². The molecule has 32 heavy (non-hydrogen) atoms. The molecule has 5 fully saturated rings. The van der Waals surface area contributed by atoms with E-state index in [1.54, 1.807) is 0 Å². The summed E-state index contributed by atoms with van der Waals surface area (Å²) >= 11 is 6.17. The van der Waals surface area contributed by atoms with Crippen LogP contribution in [0, 0.1) is 29.1 Å². The summed E-state index contributed by atoms with van der Waals surface area (Å²) in [6.07, 6.45) is 8.85. The Hall–Kier alpha value is -1.07. The smallest absolute Gasteiger partial charge is 0.238 e. The lowest BCUT2D eigenvalue weighted by molar-refractivity contribution is -0.0874. The van der Waals surface area contributed by atoms with E-state index in [4.69, 9.17) is 18.0 Å². The van der Waals surface area contributed by atoms with Crippen LogP contribution in [0.3, 0.4) is 0 Å². The first-order valence-electron chi connectivity index (χ1n) is 12.8. The molecule has 6 rings (SSSR count). The first-order chi connectivity index (χ1) is 15.4. The van der Waals surface area contributed by atoms with E-state index in [-0.39, 0.29) is 17.3 Å². The Balaban J connectivity index is 1.37. The van der Waals surface area contributed by atoms with Gasteiger partial charge in [-0.1, -0.05) is 42.5 Å². The van der Waals surface area contributed by atoms with Crippen LogP contribution in [0.1, 0.15) is 76.2 Å². The third-order valence-electron chi connectivity index (χ3n) is 9.60. The third kappa shape index (κ3) is 4.13. The highest BCUT2D eigenvalue weighted by atomic mass is 32.1. The molecule has 176 valence electrons. The van der Waals surface area contributed by atoms with E-state index in [1.807, 2.05) is 0 Å². The fourth-order valence-electron chi connectivity index (χ4n) is 8.31. The van der Waals surface area contributed by atoms with Crippen molar-refractivity contribution in [1.82, 2.24) is 5.32 Å². The molecule has 1 aromatic carbocycles. The Bertz CT molecular complexity index is 789. The van der Waals surface area contributed by atoms with Gasteiger partial charge in [-0.15, -0.1) is 0 Å². The minimum Gasteiger partial charge on any atom is -0.376 e. The van der Waals surface area contributed by atoms with E-state index < -0.39 is 6.43 Å². The van der Waals surface area contributed by atoms with Gasteiger partial charge in [-0.2, -0.15) is 0 Å². The molecule has 0 amide bonds. The summed E-state index contributed by atoms with van der Waals surface area (Å²) < 4.78 is 26.1. The number of hydrogen-bond acceptors (Lipinski definition) is 2. The highest BCUT2D eigenvalue weighted by molar-refractivity contribution is 7.80. The van der Waals surface area contributed by atoms with E-state index >= 15 is 0 Å². The number of alkyl halides is 2. The topological polar surface area (TPSA) is 38.0 Å². The number of rotatable bonds is 7. The molecule has 5 saturated carbocycles. The molecule has 5 aliphatic carbocycles. The largest absolute Gasteiger partial charge is 0.376 e. The Morgan fingerprint density at radius 2 is 1.69 bits per heavy atom. The quantitative estimate of drug-likeness (QED) is 0.474. The summed E-state index contributed by atoms with van der Waals surface area (Å²) in [5, 5.41) is 3.82. The van der Waals surface area contributed by atoms with Crippen LogP contribution in [0.25, 0.3) is 0 Å². The Kier molecular flexibility index (Phi) is 6.35. The van der Waals surface area contributed by atoms with Crippen LogP contribution in [0.4, 0.5) is 8.78 Å². The van der Waals surface area contributed by atoms with Crippen LogP contribution in [-0.2, 0) is 5.41 Å². The summed E-state index contributed by atoms with van der Waals surface area (Å²) in [6.45, 7) is 0.796. The Morgan fingerprint density at radius 3 is 2.28 bits per heavy atom.